The molecule has 0 N–H and O–H groups in total. The Morgan fingerprint density at radius 1 is 1.16 bits per heavy atom. The van der Waals surface area contributed by atoms with Crippen LogP contribution in [0.4, 0.5) is 0 Å². The second kappa shape index (κ2) is 7.36. The molecular formula is C15H13BrO2S. The minimum absolute atomic E-state index is 0.605. The van der Waals surface area contributed by atoms with E-state index >= 15 is 0 Å². The van der Waals surface area contributed by atoms with Crippen LogP contribution in [0, 0.1) is 0 Å². The van der Waals surface area contributed by atoms with Crippen LogP contribution < -0.4 is 4.74 Å². The highest BCUT2D eigenvalue weighted by molar-refractivity contribution is 9.10. The van der Waals surface area contributed by atoms with Gasteiger partial charge in [-0.2, -0.15) is 0 Å². The Balaban J connectivity index is 1.81. The lowest BCUT2D eigenvalue weighted by molar-refractivity contribution is 0.112. The third-order valence-electron chi connectivity index (χ3n) is 2.46. The predicted molar refractivity (Wildman–Crippen MR) is 82.2 cm³/mol. The maximum atomic E-state index is 10.8. The molecule has 0 fully saturated rings. The number of halogens is 1. The molecule has 0 aliphatic carbocycles. The second-order valence-corrected chi connectivity index (χ2v) is 5.83. The molecule has 0 aliphatic heterocycles. The highest BCUT2D eigenvalue weighted by Crippen LogP contribution is 2.22. The van der Waals surface area contributed by atoms with Gasteiger partial charge in [0.2, 0.25) is 0 Å². The summed E-state index contributed by atoms with van der Waals surface area (Å²) in [5, 5.41) is 0. The number of carbonyl (C=O) groups is 1. The minimum atomic E-state index is 0.605. The third-order valence-corrected chi connectivity index (χ3v) is 4.16. The van der Waals surface area contributed by atoms with Crippen LogP contribution in [0.3, 0.4) is 0 Å². The van der Waals surface area contributed by atoms with Crippen molar-refractivity contribution in [3.63, 3.8) is 0 Å². The molecular weight excluding hydrogens is 324 g/mol. The molecule has 4 heteroatoms. The third kappa shape index (κ3) is 4.40. The van der Waals surface area contributed by atoms with Gasteiger partial charge in [-0.15, -0.1) is 11.8 Å². The van der Waals surface area contributed by atoms with Gasteiger partial charge in [0.25, 0.3) is 0 Å². The lowest BCUT2D eigenvalue weighted by atomic mass is 10.2. The van der Waals surface area contributed by atoms with Crippen molar-refractivity contribution in [3.05, 3.63) is 58.6 Å². The number of hydrogen-bond acceptors (Lipinski definition) is 3. The SMILES string of the molecule is O=Cc1cc(OCCSc2ccccc2)ccc1Br. The van der Waals surface area contributed by atoms with E-state index in [-0.39, 0.29) is 0 Å². The van der Waals surface area contributed by atoms with Gasteiger partial charge in [0.15, 0.2) is 6.29 Å². The number of ether oxygens (including phenoxy) is 1. The van der Waals surface area contributed by atoms with Gasteiger partial charge in [-0.1, -0.05) is 34.1 Å². The van der Waals surface area contributed by atoms with Crippen LogP contribution in [0.15, 0.2) is 57.9 Å². The Kier molecular flexibility index (Phi) is 5.48. The molecule has 2 aromatic rings. The van der Waals surface area contributed by atoms with E-state index in [1.54, 1.807) is 17.8 Å². The zero-order valence-electron chi connectivity index (χ0n) is 10.2. The van der Waals surface area contributed by atoms with Gasteiger partial charge in [0.05, 0.1) is 6.61 Å². The Morgan fingerprint density at radius 2 is 1.95 bits per heavy atom. The van der Waals surface area contributed by atoms with Gasteiger partial charge in [-0.25, -0.2) is 0 Å². The number of thioether (sulfide) groups is 1. The summed E-state index contributed by atoms with van der Waals surface area (Å²) in [6, 6.07) is 15.6. The first-order chi connectivity index (χ1) is 9.29. The molecule has 2 aromatic carbocycles. The monoisotopic (exact) mass is 336 g/mol. The van der Waals surface area contributed by atoms with Crippen LogP contribution in [0.2, 0.25) is 0 Å². The van der Waals surface area contributed by atoms with Crippen molar-refractivity contribution in [1.29, 1.82) is 0 Å². The molecule has 2 nitrogen and oxygen atoms in total. The second-order valence-electron chi connectivity index (χ2n) is 3.81. The topological polar surface area (TPSA) is 26.3 Å². The summed E-state index contributed by atoms with van der Waals surface area (Å²) in [6.07, 6.45) is 0.815. The summed E-state index contributed by atoms with van der Waals surface area (Å²) in [6.45, 7) is 0.611. The minimum Gasteiger partial charge on any atom is -0.493 e. The van der Waals surface area contributed by atoms with E-state index in [4.69, 9.17) is 4.74 Å². The molecule has 0 amide bonds. The number of rotatable bonds is 6. The Labute approximate surface area is 125 Å². The van der Waals surface area contributed by atoms with Crippen LogP contribution in [0.5, 0.6) is 5.75 Å². The standard InChI is InChI=1S/C15H13BrO2S/c16-15-7-6-13(10-12(15)11-17)18-8-9-19-14-4-2-1-3-5-14/h1-7,10-11H,8-9H2. The largest absolute Gasteiger partial charge is 0.493 e. The quantitative estimate of drug-likeness (QED) is 0.443. The molecule has 0 atom stereocenters. The van der Waals surface area contributed by atoms with Crippen molar-refractivity contribution in [2.75, 3.05) is 12.4 Å². The highest BCUT2D eigenvalue weighted by Gasteiger charge is 2.01. The predicted octanol–water partition coefficient (Wildman–Crippen LogP) is 4.43. The maximum Gasteiger partial charge on any atom is 0.151 e. The molecule has 0 unspecified atom stereocenters. The van der Waals surface area contributed by atoms with Crippen LogP contribution in [0.25, 0.3) is 0 Å². The van der Waals surface area contributed by atoms with Crippen molar-refractivity contribution < 1.29 is 9.53 Å². The zero-order valence-corrected chi connectivity index (χ0v) is 12.6. The average molecular weight is 337 g/mol. The average Bonchev–Trinajstić information content (AvgIpc) is 2.46. The van der Waals surface area contributed by atoms with E-state index in [2.05, 4.69) is 28.1 Å². The van der Waals surface area contributed by atoms with Crippen molar-refractivity contribution in [2.45, 2.75) is 4.90 Å². The molecule has 0 heterocycles. The summed E-state index contributed by atoms with van der Waals surface area (Å²) in [4.78, 5) is 12.0. The maximum absolute atomic E-state index is 10.8. The molecule has 0 saturated carbocycles. The van der Waals surface area contributed by atoms with Crippen molar-refractivity contribution in [1.82, 2.24) is 0 Å². The van der Waals surface area contributed by atoms with E-state index in [1.807, 2.05) is 30.3 Å². The van der Waals surface area contributed by atoms with E-state index < -0.39 is 0 Å². The van der Waals surface area contributed by atoms with E-state index in [0.717, 1.165) is 22.3 Å². The summed E-state index contributed by atoms with van der Waals surface area (Å²) in [5.41, 5.74) is 0.605. The Hall–Kier alpha value is -1.26. The fourth-order valence-electron chi connectivity index (χ4n) is 1.54. The van der Waals surface area contributed by atoms with Gasteiger partial charge >= 0.3 is 0 Å². The highest BCUT2D eigenvalue weighted by atomic mass is 79.9. The van der Waals surface area contributed by atoms with Crippen molar-refractivity contribution in [2.24, 2.45) is 0 Å². The van der Waals surface area contributed by atoms with Crippen LogP contribution in [-0.2, 0) is 0 Å². The van der Waals surface area contributed by atoms with Gasteiger partial charge in [0.1, 0.15) is 5.75 Å². The van der Waals surface area contributed by atoms with Crippen molar-refractivity contribution >= 4 is 34.0 Å². The van der Waals surface area contributed by atoms with Crippen LogP contribution in [0.1, 0.15) is 10.4 Å². The lowest BCUT2D eigenvalue weighted by Crippen LogP contribution is -2.00. The molecule has 0 bridgehead atoms. The summed E-state index contributed by atoms with van der Waals surface area (Å²) >= 11 is 5.06. The zero-order chi connectivity index (χ0) is 13.5. The molecule has 0 radical (unpaired) electrons. The molecule has 0 spiro atoms. The number of aldehydes is 1. The fraction of sp³-hybridized carbons (Fsp3) is 0.133. The van der Waals surface area contributed by atoms with Gasteiger partial charge in [-0.05, 0) is 30.3 Å². The Bertz CT molecular complexity index is 543. The van der Waals surface area contributed by atoms with E-state index in [9.17, 15) is 4.79 Å². The molecule has 98 valence electrons. The number of hydrogen-bond donors (Lipinski definition) is 0. The molecule has 0 aromatic heterocycles. The molecule has 0 aliphatic rings. The van der Waals surface area contributed by atoms with Crippen molar-refractivity contribution in [3.8, 4) is 5.75 Å². The lowest BCUT2D eigenvalue weighted by Gasteiger charge is -2.07. The summed E-state index contributed by atoms with van der Waals surface area (Å²) in [5.74, 6) is 1.59. The normalized spacial score (nSPS) is 10.2. The summed E-state index contributed by atoms with van der Waals surface area (Å²) in [7, 11) is 0. The van der Waals surface area contributed by atoms with Crippen LogP contribution in [-0.4, -0.2) is 18.6 Å². The van der Waals surface area contributed by atoms with E-state index in [1.165, 1.54) is 4.90 Å². The number of benzene rings is 2. The first-order valence-corrected chi connectivity index (χ1v) is 7.63. The first kappa shape index (κ1) is 14.2. The first-order valence-electron chi connectivity index (χ1n) is 5.85. The molecule has 0 saturated heterocycles. The Morgan fingerprint density at radius 3 is 2.68 bits per heavy atom. The van der Waals surface area contributed by atoms with Gasteiger partial charge in [-0.3, -0.25) is 4.79 Å². The summed E-state index contributed by atoms with van der Waals surface area (Å²) < 4.78 is 6.41. The van der Waals surface area contributed by atoms with E-state index in [0.29, 0.717) is 12.2 Å². The van der Waals surface area contributed by atoms with Crippen LogP contribution >= 0.6 is 27.7 Å². The fourth-order valence-corrected chi connectivity index (χ4v) is 2.63. The molecule has 2 rings (SSSR count). The molecule has 19 heavy (non-hydrogen) atoms. The van der Waals surface area contributed by atoms with Gasteiger partial charge < -0.3 is 4.74 Å². The van der Waals surface area contributed by atoms with Gasteiger partial charge in [0, 0.05) is 20.7 Å². The smallest absolute Gasteiger partial charge is 0.151 e. The number of carbonyl (C=O) groups excluding carboxylic acids is 1.